The fourth-order valence-corrected chi connectivity index (χ4v) is 2.36. The maximum Gasteiger partial charge on any atom is 0.245 e. The second-order valence-corrected chi connectivity index (χ2v) is 5.22. The Balaban J connectivity index is 1.90. The van der Waals surface area contributed by atoms with Crippen molar-refractivity contribution in [2.24, 2.45) is 5.92 Å². The Morgan fingerprint density at radius 3 is 2.80 bits per heavy atom. The van der Waals surface area contributed by atoms with Gasteiger partial charge < -0.3 is 15.0 Å². The lowest BCUT2D eigenvalue weighted by molar-refractivity contribution is -0.125. The van der Waals surface area contributed by atoms with E-state index in [4.69, 9.17) is 16.3 Å². The summed E-state index contributed by atoms with van der Waals surface area (Å²) in [7, 11) is 1.47. The first-order chi connectivity index (χ1) is 9.60. The maximum atomic E-state index is 12.0. The van der Waals surface area contributed by atoms with Crippen LogP contribution < -0.4 is 10.2 Å². The largest absolute Gasteiger partial charge is 0.375 e. The molecule has 0 spiro atoms. The molecule has 1 aromatic rings. The zero-order chi connectivity index (χ0) is 14.5. The van der Waals surface area contributed by atoms with Crippen LogP contribution in [0, 0.1) is 5.92 Å². The monoisotopic (exact) mass is 296 g/mol. The number of anilines is 1. The van der Waals surface area contributed by atoms with Crippen LogP contribution in [0.25, 0.3) is 0 Å². The maximum absolute atomic E-state index is 12.0. The molecule has 1 heterocycles. The van der Waals surface area contributed by atoms with E-state index in [1.807, 2.05) is 12.1 Å². The molecule has 0 radical (unpaired) electrons. The predicted octanol–water partition coefficient (Wildman–Crippen LogP) is 1.46. The Morgan fingerprint density at radius 1 is 1.45 bits per heavy atom. The summed E-state index contributed by atoms with van der Waals surface area (Å²) in [6, 6.07) is 7.17. The molecular weight excluding hydrogens is 280 g/mol. The van der Waals surface area contributed by atoms with Crippen LogP contribution in [-0.4, -0.2) is 38.6 Å². The third kappa shape index (κ3) is 3.71. The molecule has 1 atom stereocenters. The van der Waals surface area contributed by atoms with Gasteiger partial charge in [0, 0.05) is 43.2 Å². The van der Waals surface area contributed by atoms with Gasteiger partial charge in [-0.05, 0) is 24.3 Å². The zero-order valence-electron chi connectivity index (χ0n) is 11.3. The van der Waals surface area contributed by atoms with Crippen LogP contribution in [0.4, 0.5) is 5.69 Å². The lowest BCUT2D eigenvalue weighted by Crippen LogP contribution is -2.33. The number of nitrogens with one attached hydrogen (secondary N) is 1. The number of benzene rings is 1. The van der Waals surface area contributed by atoms with Gasteiger partial charge in [0.25, 0.3) is 0 Å². The first kappa shape index (κ1) is 14.8. The normalized spacial score (nSPS) is 18.4. The standard InChI is InChI=1S/C14H17ClN2O3/c1-20-9-13(18)16-7-10-6-14(19)17(8-10)12-4-2-11(15)3-5-12/h2-5,10H,6-9H2,1H3,(H,16,18). The van der Waals surface area contributed by atoms with Gasteiger partial charge in [-0.1, -0.05) is 11.6 Å². The summed E-state index contributed by atoms with van der Waals surface area (Å²) in [6.45, 7) is 1.13. The van der Waals surface area contributed by atoms with Crippen LogP contribution in [0.15, 0.2) is 24.3 Å². The van der Waals surface area contributed by atoms with Crippen LogP contribution in [0.3, 0.4) is 0 Å². The second kappa shape index (κ2) is 6.72. The smallest absolute Gasteiger partial charge is 0.245 e. The second-order valence-electron chi connectivity index (χ2n) is 4.79. The summed E-state index contributed by atoms with van der Waals surface area (Å²) < 4.78 is 4.74. The van der Waals surface area contributed by atoms with E-state index >= 15 is 0 Å². The Morgan fingerprint density at radius 2 is 2.15 bits per heavy atom. The molecule has 20 heavy (non-hydrogen) atoms. The highest BCUT2D eigenvalue weighted by Crippen LogP contribution is 2.25. The van der Waals surface area contributed by atoms with Crippen LogP contribution >= 0.6 is 11.6 Å². The Hall–Kier alpha value is -1.59. The highest BCUT2D eigenvalue weighted by Gasteiger charge is 2.30. The quantitative estimate of drug-likeness (QED) is 0.895. The highest BCUT2D eigenvalue weighted by molar-refractivity contribution is 6.30. The van der Waals surface area contributed by atoms with Gasteiger partial charge in [-0.3, -0.25) is 9.59 Å². The van der Waals surface area contributed by atoms with Gasteiger partial charge in [0.05, 0.1) is 0 Å². The number of ether oxygens (including phenoxy) is 1. The topological polar surface area (TPSA) is 58.6 Å². The summed E-state index contributed by atoms with van der Waals surface area (Å²) in [6.07, 6.45) is 0.440. The van der Waals surface area contributed by atoms with Crippen molar-refractivity contribution in [2.75, 3.05) is 31.7 Å². The van der Waals surface area contributed by atoms with Crippen LogP contribution in [0.5, 0.6) is 0 Å². The molecular formula is C14H17ClN2O3. The molecule has 2 rings (SSSR count). The fourth-order valence-electron chi connectivity index (χ4n) is 2.23. The average molecular weight is 297 g/mol. The van der Waals surface area contributed by atoms with Gasteiger partial charge >= 0.3 is 0 Å². The van der Waals surface area contributed by atoms with Crippen molar-refractivity contribution in [1.82, 2.24) is 5.32 Å². The predicted molar refractivity (Wildman–Crippen MR) is 76.8 cm³/mol. The van der Waals surface area contributed by atoms with Gasteiger partial charge in [0.15, 0.2) is 0 Å². The molecule has 1 aliphatic rings. The zero-order valence-corrected chi connectivity index (χ0v) is 12.0. The van der Waals surface area contributed by atoms with Crippen LogP contribution in [0.1, 0.15) is 6.42 Å². The number of amides is 2. The number of nitrogens with zero attached hydrogens (tertiary/aromatic N) is 1. The number of carbonyl (C=O) groups is 2. The van der Waals surface area contributed by atoms with Crippen molar-refractivity contribution >= 4 is 29.1 Å². The lowest BCUT2D eigenvalue weighted by atomic mass is 10.1. The number of halogens is 1. The summed E-state index contributed by atoms with van der Waals surface area (Å²) in [4.78, 5) is 25.0. The van der Waals surface area contributed by atoms with Crippen molar-refractivity contribution in [1.29, 1.82) is 0 Å². The van der Waals surface area contributed by atoms with E-state index in [-0.39, 0.29) is 24.3 Å². The Kier molecular flexibility index (Phi) is 4.98. The van der Waals surface area contributed by atoms with Gasteiger partial charge in [-0.2, -0.15) is 0 Å². The number of rotatable bonds is 5. The third-order valence-corrected chi connectivity index (χ3v) is 3.46. The summed E-state index contributed by atoms with van der Waals surface area (Å²) in [5, 5.41) is 3.41. The molecule has 0 bridgehead atoms. The summed E-state index contributed by atoms with van der Waals surface area (Å²) in [5.74, 6) is 0.0298. The van der Waals surface area contributed by atoms with Crippen molar-refractivity contribution < 1.29 is 14.3 Å². The first-order valence-electron chi connectivity index (χ1n) is 6.41. The minimum atomic E-state index is -0.162. The summed E-state index contributed by atoms with van der Waals surface area (Å²) >= 11 is 5.83. The van der Waals surface area contributed by atoms with E-state index in [2.05, 4.69) is 5.32 Å². The van der Waals surface area contributed by atoms with E-state index in [1.165, 1.54) is 7.11 Å². The lowest BCUT2D eigenvalue weighted by Gasteiger charge is -2.17. The van der Waals surface area contributed by atoms with Gasteiger partial charge in [0.2, 0.25) is 11.8 Å². The number of hydrogen-bond donors (Lipinski definition) is 1. The van der Waals surface area contributed by atoms with E-state index in [1.54, 1.807) is 17.0 Å². The number of hydrogen-bond acceptors (Lipinski definition) is 3. The molecule has 1 aliphatic heterocycles. The minimum absolute atomic E-state index is 0.0432. The van der Waals surface area contributed by atoms with Crippen LogP contribution in [0.2, 0.25) is 5.02 Å². The Bertz CT molecular complexity index is 490. The van der Waals surface area contributed by atoms with Gasteiger partial charge in [-0.25, -0.2) is 0 Å². The molecule has 1 unspecified atom stereocenters. The molecule has 2 amide bonds. The average Bonchev–Trinajstić information content (AvgIpc) is 2.79. The molecule has 5 nitrogen and oxygen atoms in total. The van der Waals surface area contributed by atoms with Crippen molar-refractivity contribution in [3.63, 3.8) is 0 Å². The molecule has 1 N–H and O–H groups in total. The minimum Gasteiger partial charge on any atom is -0.375 e. The number of carbonyl (C=O) groups excluding carboxylic acids is 2. The molecule has 1 saturated heterocycles. The third-order valence-electron chi connectivity index (χ3n) is 3.21. The van der Waals surface area contributed by atoms with Gasteiger partial charge in [-0.15, -0.1) is 0 Å². The molecule has 108 valence electrons. The van der Waals surface area contributed by atoms with E-state index < -0.39 is 0 Å². The SMILES string of the molecule is COCC(=O)NCC1CC(=O)N(c2ccc(Cl)cc2)C1. The molecule has 6 heteroatoms. The van der Waals surface area contributed by atoms with Crippen molar-refractivity contribution in [3.8, 4) is 0 Å². The molecule has 0 aromatic heterocycles. The van der Waals surface area contributed by atoms with Crippen molar-refractivity contribution in [2.45, 2.75) is 6.42 Å². The van der Waals surface area contributed by atoms with E-state index in [0.29, 0.717) is 24.5 Å². The van der Waals surface area contributed by atoms with Crippen molar-refractivity contribution in [3.05, 3.63) is 29.3 Å². The summed E-state index contributed by atoms with van der Waals surface area (Å²) in [5.41, 5.74) is 0.838. The van der Waals surface area contributed by atoms with Crippen LogP contribution in [-0.2, 0) is 14.3 Å². The highest BCUT2D eigenvalue weighted by atomic mass is 35.5. The Labute approximate surface area is 122 Å². The first-order valence-corrected chi connectivity index (χ1v) is 6.79. The van der Waals surface area contributed by atoms with E-state index in [9.17, 15) is 9.59 Å². The molecule has 1 aromatic carbocycles. The fraction of sp³-hybridized carbons (Fsp3) is 0.429. The molecule has 1 fully saturated rings. The molecule has 0 aliphatic carbocycles. The van der Waals surface area contributed by atoms with Gasteiger partial charge in [0.1, 0.15) is 6.61 Å². The van der Waals surface area contributed by atoms with E-state index in [0.717, 1.165) is 5.69 Å². The number of methoxy groups -OCH3 is 1. The molecule has 0 saturated carbocycles.